The lowest BCUT2D eigenvalue weighted by Gasteiger charge is -2.38. The van der Waals surface area contributed by atoms with Crippen LogP contribution in [-0.2, 0) is 17.6 Å². The number of carbonyl (C=O) groups is 3. The number of halogens is 1. The molecule has 188 valence electrons. The van der Waals surface area contributed by atoms with Crippen molar-refractivity contribution in [2.45, 2.75) is 37.8 Å². The summed E-state index contributed by atoms with van der Waals surface area (Å²) in [6, 6.07) is 9.13. The molecule has 2 heterocycles. The third-order valence-electron chi connectivity index (χ3n) is 6.71. The lowest BCUT2D eigenvalue weighted by molar-refractivity contribution is -0.139. The predicted octanol–water partition coefficient (Wildman–Crippen LogP) is 3.16. The molecule has 9 nitrogen and oxygen atoms in total. The molecule has 0 radical (unpaired) electrons. The number of amides is 4. The van der Waals surface area contributed by atoms with E-state index in [0.717, 1.165) is 17.7 Å². The summed E-state index contributed by atoms with van der Waals surface area (Å²) in [4.78, 5) is 41.0. The molecule has 2 aromatic carbocycles. The van der Waals surface area contributed by atoms with Gasteiger partial charge in [0.25, 0.3) is 0 Å². The Bertz CT molecular complexity index is 1220. The maximum absolute atomic E-state index is 12.9. The van der Waals surface area contributed by atoms with Crippen molar-refractivity contribution in [3.05, 3.63) is 58.1 Å². The van der Waals surface area contributed by atoms with E-state index < -0.39 is 18.0 Å². The van der Waals surface area contributed by atoms with Gasteiger partial charge in [-0.3, -0.25) is 0 Å². The van der Waals surface area contributed by atoms with Crippen LogP contribution in [0.5, 0.6) is 0 Å². The van der Waals surface area contributed by atoms with Crippen molar-refractivity contribution in [3.63, 3.8) is 0 Å². The molecule has 5 N–H and O–H groups in total. The zero-order chi connectivity index (χ0) is 25.8. The molecule has 1 saturated heterocycles. The molecule has 0 unspecified atom stereocenters. The number of piperidine rings is 1. The summed E-state index contributed by atoms with van der Waals surface area (Å²) in [5.41, 5.74) is 8.95. The van der Waals surface area contributed by atoms with Gasteiger partial charge in [0.15, 0.2) is 0 Å². The molecule has 0 aromatic heterocycles. The van der Waals surface area contributed by atoms with Crippen molar-refractivity contribution in [2.75, 3.05) is 30.7 Å². The van der Waals surface area contributed by atoms with E-state index in [-0.39, 0.29) is 29.2 Å². The van der Waals surface area contributed by atoms with Crippen molar-refractivity contribution in [2.24, 2.45) is 0 Å². The van der Waals surface area contributed by atoms with Crippen LogP contribution in [0.25, 0.3) is 0 Å². The molecular weight excluding hydrogens is 482 g/mol. The van der Waals surface area contributed by atoms with E-state index in [1.807, 2.05) is 29.2 Å². The van der Waals surface area contributed by atoms with E-state index in [1.54, 1.807) is 17.0 Å². The van der Waals surface area contributed by atoms with Gasteiger partial charge in [-0.1, -0.05) is 35.7 Å². The van der Waals surface area contributed by atoms with Gasteiger partial charge in [-0.25, -0.2) is 14.4 Å². The third kappa shape index (κ3) is 5.50. The number of aliphatic carboxylic acids is 1. The third-order valence-corrected chi connectivity index (χ3v) is 7.03. The number of hydrogen-bond donors (Lipinski definition) is 4. The van der Waals surface area contributed by atoms with Crippen molar-refractivity contribution in [1.29, 1.82) is 0 Å². The van der Waals surface area contributed by atoms with E-state index in [0.29, 0.717) is 43.6 Å². The Morgan fingerprint density at radius 1 is 1.25 bits per heavy atom. The summed E-state index contributed by atoms with van der Waals surface area (Å²) in [5, 5.41) is 15.5. The highest BCUT2D eigenvalue weighted by molar-refractivity contribution is 6.33. The lowest BCUT2D eigenvalue weighted by Crippen LogP contribution is -2.54. The molecule has 10 heteroatoms. The Balaban J connectivity index is 1.34. The van der Waals surface area contributed by atoms with Gasteiger partial charge in [-0.15, -0.1) is 6.42 Å². The molecule has 2 aliphatic heterocycles. The van der Waals surface area contributed by atoms with Crippen LogP contribution in [0.15, 0.2) is 36.4 Å². The fraction of sp³-hybridized carbons (Fsp3) is 0.346. The summed E-state index contributed by atoms with van der Waals surface area (Å²) in [5.74, 6) is 1.26. The minimum atomic E-state index is -1.17. The number of fused-ring (bicyclic) bond motifs is 1. The Kier molecular flexibility index (Phi) is 7.55. The highest BCUT2D eigenvalue weighted by Gasteiger charge is 2.32. The van der Waals surface area contributed by atoms with Gasteiger partial charge in [-0.05, 0) is 48.6 Å². The van der Waals surface area contributed by atoms with Gasteiger partial charge >= 0.3 is 18.0 Å². The second kappa shape index (κ2) is 10.8. The average Bonchev–Trinajstić information content (AvgIpc) is 3.03. The molecule has 1 atom stereocenters. The number of nitrogens with two attached hydrogens (primary N) is 1. The number of likely N-dealkylation sites (tertiary alicyclic amines) is 1. The smallest absolute Gasteiger partial charge is 0.326 e. The molecule has 36 heavy (non-hydrogen) atoms. The number of carboxylic acids is 1. The summed E-state index contributed by atoms with van der Waals surface area (Å²) in [7, 11) is 0. The van der Waals surface area contributed by atoms with Crippen LogP contribution in [0.4, 0.5) is 21.0 Å². The molecule has 0 bridgehead atoms. The Hall–Kier alpha value is -3.90. The lowest BCUT2D eigenvalue weighted by atomic mass is 10.0. The summed E-state index contributed by atoms with van der Waals surface area (Å²) < 4.78 is 0. The number of carboxylic acid groups (broad SMARTS) is 1. The molecule has 4 amide bonds. The maximum atomic E-state index is 12.9. The summed E-state index contributed by atoms with van der Waals surface area (Å²) >= 11 is 6.12. The van der Waals surface area contributed by atoms with E-state index in [9.17, 15) is 19.5 Å². The van der Waals surface area contributed by atoms with E-state index in [2.05, 4.69) is 16.6 Å². The zero-order valence-electron chi connectivity index (χ0n) is 19.7. The predicted molar refractivity (Wildman–Crippen MR) is 138 cm³/mol. The number of para-hydroxylation sites is 1. The Morgan fingerprint density at radius 2 is 1.97 bits per heavy atom. The van der Waals surface area contributed by atoms with E-state index in [4.69, 9.17) is 23.8 Å². The first-order chi connectivity index (χ1) is 17.3. The quantitative estimate of drug-likeness (QED) is 0.363. The molecule has 4 rings (SSSR count). The number of hydrogen-bond acceptors (Lipinski definition) is 4. The molecule has 0 aliphatic carbocycles. The van der Waals surface area contributed by atoms with Crippen LogP contribution in [0.2, 0.25) is 5.02 Å². The second-order valence-electron chi connectivity index (χ2n) is 8.98. The maximum Gasteiger partial charge on any atom is 0.326 e. The molecule has 2 aromatic rings. The van der Waals surface area contributed by atoms with Gasteiger partial charge < -0.3 is 31.3 Å². The second-order valence-corrected chi connectivity index (χ2v) is 9.38. The molecule has 2 aliphatic rings. The number of terminal acetylenes is 1. The van der Waals surface area contributed by atoms with Gasteiger partial charge in [0.1, 0.15) is 6.04 Å². The van der Waals surface area contributed by atoms with Crippen LogP contribution in [0, 0.1) is 12.3 Å². The minimum Gasteiger partial charge on any atom is -0.480 e. The highest BCUT2D eigenvalue weighted by Crippen LogP contribution is 2.26. The van der Waals surface area contributed by atoms with Crippen molar-refractivity contribution < 1.29 is 19.5 Å². The van der Waals surface area contributed by atoms with Gasteiger partial charge in [0.05, 0.1) is 10.7 Å². The number of anilines is 2. The normalized spacial score (nSPS) is 16.8. The number of carbonyl (C=O) groups excluding carboxylic acids is 2. The van der Waals surface area contributed by atoms with Gasteiger partial charge in [0.2, 0.25) is 0 Å². The number of nitrogens with zero attached hydrogens (tertiary/aromatic N) is 2. The van der Waals surface area contributed by atoms with Gasteiger partial charge in [0, 0.05) is 43.3 Å². The molecule has 0 saturated carbocycles. The zero-order valence-corrected chi connectivity index (χ0v) is 20.4. The highest BCUT2D eigenvalue weighted by atomic mass is 35.5. The Morgan fingerprint density at radius 3 is 2.67 bits per heavy atom. The number of rotatable bonds is 5. The first kappa shape index (κ1) is 25.2. The van der Waals surface area contributed by atoms with E-state index >= 15 is 0 Å². The monoisotopic (exact) mass is 509 g/mol. The Labute approximate surface area is 214 Å². The largest absolute Gasteiger partial charge is 0.480 e. The van der Waals surface area contributed by atoms with Crippen molar-refractivity contribution >= 4 is 41.0 Å². The van der Waals surface area contributed by atoms with Crippen LogP contribution in [0.1, 0.15) is 29.5 Å². The molecular formula is C26H28ClN5O4. The van der Waals surface area contributed by atoms with Gasteiger partial charge in [-0.2, -0.15) is 0 Å². The average molecular weight is 510 g/mol. The minimum absolute atomic E-state index is 0.000721. The van der Waals surface area contributed by atoms with E-state index in [1.165, 1.54) is 0 Å². The fourth-order valence-electron chi connectivity index (χ4n) is 4.71. The number of nitrogen functional groups attached to an aromatic ring is 1. The number of nitrogens with one attached hydrogen (secondary N) is 2. The van der Waals surface area contributed by atoms with Crippen LogP contribution in [0.3, 0.4) is 0 Å². The van der Waals surface area contributed by atoms with Crippen molar-refractivity contribution in [1.82, 2.24) is 15.1 Å². The number of benzene rings is 2. The SMILES string of the molecule is C#Cc1cc(C[C@@H](NC(=O)N2CCC(N3CCc4ccccc4NC3=O)CC2)C(=O)O)cc(Cl)c1N. The molecule has 0 spiro atoms. The topological polar surface area (TPSA) is 128 Å². The first-order valence-corrected chi connectivity index (χ1v) is 12.1. The summed E-state index contributed by atoms with van der Waals surface area (Å²) in [6.07, 6.45) is 7.42. The standard InChI is InChI=1S/C26H28ClN5O4/c1-2-17-13-16(14-20(27)23(17)28)15-22(24(33)34)30-25(35)31-10-8-19(9-11-31)32-12-7-18-5-3-4-6-21(18)29-26(32)36/h1,3-6,13-14,19,22H,7-12,15,28H2,(H,29,36)(H,30,35)(H,33,34)/t22-/m1/s1. The van der Waals surface area contributed by atoms with Crippen LogP contribution < -0.4 is 16.4 Å². The first-order valence-electron chi connectivity index (χ1n) is 11.7. The van der Waals surface area contributed by atoms with Crippen LogP contribution in [-0.4, -0.2) is 64.7 Å². The summed E-state index contributed by atoms with van der Waals surface area (Å²) in [6.45, 7) is 1.42. The van der Waals surface area contributed by atoms with Crippen LogP contribution >= 0.6 is 11.6 Å². The fourth-order valence-corrected chi connectivity index (χ4v) is 4.95. The number of urea groups is 2. The molecule has 1 fully saturated rings. The van der Waals surface area contributed by atoms with Crippen molar-refractivity contribution in [3.8, 4) is 12.3 Å².